The van der Waals surface area contributed by atoms with Crippen LogP contribution in [0.25, 0.3) is 0 Å². The molecule has 2 aromatic carbocycles. The Hall–Kier alpha value is -0.560. The van der Waals surface area contributed by atoms with Crippen molar-refractivity contribution in [3.63, 3.8) is 0 Å². The average Bonchev–Trinajstić information content (AvgIpc) is 1.58. The van der Waals surface area contributed by atoms with Gasteiger partial charge >= 0.3 is 0 Å². The molecule has 8 aliphatic rings. The number of ether oxygens (including phenoxy) is 4. The van der Waals surface area contributed by atoms with Gasteiger partial charge in [0.25, 0.3) is 0 Å². The van der Waals surface area contributed by atoms with E-state index in [1.54, 1.807) is 22.3 Å². The lowest BCUT2D eigenvalue weighted by Gasteiger charge is -2.38. The van der Waals surface area contributed by atoms with Crippen molar-refractivity contribution in [1.82, 2.24) is 0 Å². The van der Waals surface area contributed by atoms with E-state index in [2.05, 4.69) is 215 Å². The van der Waals surface area contributed by atoms with Gasteiger partial charge in [0.1, 0.15) is 76.8 Å². The monoisotopic (exact) mass is 1440 g/mol. The molecular formula is C75H140Br3N7O4+4. The Morgan fingerprint density at radius 1 is 0.393 bits per heavy atom. The predicted molar refractivity (Wildman–Crippen MR) is 359 cm³/mol. The fraction of sp³-hybridized carbons (Fsp3) is 0.840. The molecule has 8 heterocycles. The first-order chi connectivity index (χ1) is 39.9. The van der Waals surface area contributed by atoms with Crippen molar-refractivity contribution in [2.24, 2.45) is 39.9 Å². The van der Waals surface area contributed by atoms with Gasteiger partial charge in [0.15, 0.2) is 11.6 Å². The average molecular weight is 1440 g/mol. The lowest BCUT2D eigenvalue weighted by molar-refractivity contribution is -0.949. The van der Waals surface area contributed by atoms with Gasteiger partial charge in [-0.3, -0.25) is 0 Å². The lowest BCUT2D eigenvalue weighted by atomic mass is 9.86. The number of quaternary nitrogens is 7. The summed E-state index contributed by atoms with van der Waals surface area (Å²) in [5.41, 5.74) is 7.02. The van der Waals surface area contributed by atoms with E-state index in [0.29, 0.717) is 5.41 Å². The molecule has 516 valence electrons. The summed E-state index contributed by atoms with van der Waals surface area (Å²) in [6.07, 6.45) is 3.56. The molecule has 0 N–H and O–H groups in total. The summed E-state index contributed by atoms with van der Waals surface area (Å²) in [7, 11) is 9.34. The molecule has 0 aliphatic carbocycles. The van der Waals surface area contributed by atoms with Crippen LogP contribution >= 0.6 is 0 Å². The van der Waals surface area contributed by atoms with Gasteiger partial charge in [-0.05, 0) is 69.2 Å². The Kier molecular flexibility index (Phi) is 28.1. The molecule has 6 fully saturated rings. The van der Waals surface area contributed by atoms with Gasteiger partial charge in [-0.25, -0.2) is 0 Å². The minimum Gasteiger partial charge on any atom is -1.00 e. The number of rotatable bonds is 16. The molecule has 0 aromatic heterocycles. The SMILES string of the molecule is CC[N+](C)(CC)C[C@@H]1OC(C)(C(C)(C)C)O[C@H]1C[N+](C)(CC)CC.CC[N+](C)(CC)C[C@@H]1OC(C)(C(C)(C)C)O[C@H]1C[N+](C)(CC)CC.C[C@H]1C[N+]2(C[C@@H]1C)C[C@H](C)[C@@H](C)C2.[Br-].[Br-].[Br-].c1ccc2c(c1)C[N+]1(CCC3(CC[N+]4(Cc5ccccc5C4)C3)C1)C2. The minimum absolute atomic E-state index is 0. The van der Waals surface area contributed by atoms with Gasteiger partial charge in [-0.2, -0.15) is 0 Å². The normalized spacial score (nSPS) is 28.2. The molecule has 11 nitrogen and oxygen atoms in total. The number of halogens is 3. The molecule has 0 saturated carbocycles. The smallest absolute Gasteiger partial charge is 0.171 e. The second kappa shape index (κ2) is 30.9. The predicted octanol–water partition coefficient (Wildman–Crippen LogP) is 4.24. The van der Waals surface area contributed by atoms with Crippen molar-refractivity contribution in [3.8, 4) is 0 Å². The second-order valence-corrected chi connectivity index (χ2v) is 34.4. The van der Waals surface area contributed by atoms with E-state index in [-0.39, 0.29) is 86.2 Å². The van der Waals surface area contributed by atoms with E-state index in [1.165, 1.54) is 105 Å². The fourth-order valence-electron chi connectivity index (χ4n) is 17.0. The zero-order valence-corrected chi connectivity index (χ0v) is 66.8. The number of nitrogens with zero attached hydrogens (tertiary/aromatic N) is 7. The largest absolute Gasteiger partial charge is 1.00 e. The number of fused-ring (bicyclic) bond motifs is 2. The van der Waals surface area contributed by atoms with E-state index in [4.69, 9.17) is 18.9 Å². The summed E-state index contributed by atoms with van der Waals surface area (Å²) >= 11 is 0. The zero-order chi connectivity index (χ0) is 63.8. The van der Waals surface area contributed by atoms with E-state index in [1.807, 2.05) is 0 Å². The maximum Gasteiger partial charge on any atom is 0.171 e. The Morgan fingerprint density at radius 3 is 0.798 bits per heavy atom. The van der Waals surface area contributed by atoms with Crippen molar-refractivity contribution < 1.29 is 101 Å². The third-order valence-corrected chi connectivity index (χ3v) is 26.1. The molecule has 6 saturated heterocycles. The number of hydrogen-bond acceptors (Lipinski definition) is 4. The van der Waals surface area contributed by atoms with Crippen molar-refractivity contribution in [1.29, 1.82) is 0 Å². The lowest BCUT2D eigenvalue weighted by Crippen LogP contribution is -3.00. The first-order valence-corrected chi connectivity index (χ1v) is 35.7. The van der Waals surface area contributed by atoms with Gasteiger partial charge in [0.2, 0.25) is 0 Å². The van der Waals surface area contributed by atoms with E-state index < -0.39 is 11.6 Å². The molecule has 14 heteroatoms. The van der Waals surface area contributed by atoms with Crippen molar-refractivity contribution in [3.05, 3.63) is 70.8 Å². The number of benzene rings is 2. The maximum atomic E-state index is 6.61. The van der Waals surface area contributed by atoms with E-state index >= 15 is 0 Å². The van der Waals surface area contributed by atoms with Gasteiger partial charge in [-0.1, -0.05) is 118 Å². The summed E-state index contributed by atoms with van der Waals surface area (Å²) in [5.74, 6) is 2.80. The van der Waals surface area contributed by atoms with Gasteiger partial charge in [0, 0.05) is 69.6 Å². The van der Waals surface area contributed by atoms with Gasteiger partial charge < -0.3 is 101 Å². The molecule has 8 aliphatic heterocycles. The Bertz CT molecular complexity index is 2200. The Balaban J connectivity index is 0.000000256. The third-order valence-electron chi connectivity index (χ3n) is 26.1. The minimum atomic E-state index is -0.513. The van der Waals surface area contributed by atoms with Crippen molar-refractivity contribution in [2.45, 2.75) is 213 Å². The third kappa shape index (κ3) is 18.6. The van der Waals surface area contributed by atoms with E-state index in [0.717, 1.165) is 120 Å². The maximum absolute atomic E-state index is 6.61. The van der Waals surface area contributed by atoms with Crippen molar-refractivity contribution in [2.75, 3.05) is 159 Å². The first-order valence-electron chi connectivity index (χ1n) is 35.7. The first kappa shape index (κ1) is 80.9. The molecule has 10 rings (SSSR count). The van der Waals surface area contributed by atoms with Crippen LogP contribution in [0.3, 0.4) is 0 Å². The molecular weight excluding hydrogens is 1300 g/mol. The topological polar surface area (TPSA) is 36.9 Å². The van der Waals surface area contributed by atoms with Crippen LogP contribution in [0.4, 0.5) is 0 Å². The van der Waals surface area contributed by atoms with Crippen LogP contribution in [0.2, 0.25) is 0 Å². The molecule has 8 atom stereocenters. The summed E-state index contributed by atoms with van der Waals surface area (Å²) in [6, 6.07) is 18.4. The van der Waals surface area contributed by atoms with Crippen molar-refractivity contribution >= 4 is 0 Å². The molecule has 0 amide bonds. The molecule has 0 bridgehead atoms. The highest BCUT2D eigenvalue weighted by molar-refractivity contribution is 5.29. The molecule has 89 heavy (non-hydrogen) atoms. The molecule has 4 spiro atoms. The molecule has 2 aromatic rings. The van der Waals surface area contributed by atoms with Crippen LogP contribution in [-0.2, 0) is 45.1 Å². The fourth-order valence-corrected chi connectivity index (χ4v) is 17.0. The van der Waals surface area contributed by atoms with Crippen LogP contribution in [0.15, 0.2) is 48.5 Å². The van der Waals surface area contributed by atoms with Crippen LogP contribution < -0.4 is 50.9 Å². The second-order valence-electron chi connectivity index (χ2n) is 34.4. The zero-order valence-electron chi connectivity index (χ0n) is 62.0. The Morgan fingerprint density at radius 2 is 0.607 bits per heavy atom. The quantitative estimate of drug-likeness (QED) is 0.236. The summed E-state index contributed by atoms with van der Waals surface area (Å²) in [5, 5.41) is 0. The molecule has 0 radical (unpaired) electrons. The van der Waals surface area contributed by atoms with Gasteiger partial charge in [0.05, 0.1) is 138 Å². The van der Waals surface area contributed by atoms with Crippen LogP contribution in [0.1, 0.15) is 174 Å². The highest BCUT2D eigenvalue weighted by atomic mass is 79.9. The Labute approximate surface area is 580 Å². The van der Waals surface area contributed by atoms with Crippen LogP contribution in [0, 0.1) is 39.9 Å². The van der Waals surface area contributed by atoms with Crippen LogP contribution in [-0.4, -0.2) is 226 Å². The number of hydrogen-bond donors (Lipinski definition) is 0. The molecule has 0 unspecified atom stereocenters. The summed E-state index contributed by atoms with van der Waals surface area (Å²) < 4.78 is 34.7. The van der Waals surface area contributed by atoms with Gasteiger partial charge in [-0.15, -0.1) is 0 Å². The van der Waals surface area contributed by atoms with Crippen LogP contribution in [0.5, 0.6) is 0 Å². The summed E-state index contributed by atoms with van der Waals surface area (Å²) in [6.45, 7) is 75.2. The highest BCUT2D eigenvalue weighted by Gasteiger charge is 2.61. The number of likely N-dealkylation sites (N-methyl/N-ethyl adjacent to an activating group) is 4. The van der Waals surface area contributed by atoms with E-state index in [9.17, 15) is 0 Å². The summed E-state index contributed by atoms with van der Waals surface area (Å²) in [4.78, 5) is 0. The standard InChI is InChI=1S/C23H28N2.2C20H44N2O2.C12H24N.3BrH/c1-2-6-20-14-24(13-19(20)5-1)11-9-23(17-24)10-12-25(18-23)15-21-7-3-4-8-22(21)16-25;2*1-11-21(9,12-2)15-17-18(16-22(10,13-3)14-4)24-20(8,23-17)19(5,6)7;1-9-5-13(6-10(9)2)7-11(3)12(4)8-13;;;/h1-8H,9-18H2;2*17-18H,11-16H2,1-10H3;9-12H,5-8H2,1-4H3;3*1H/q3*+2;+1;;;/p-3/t;2*17-,18-;9-,10-,11-,12-;;;/m.000.../s1. The highest BCUT2D eigenvalue weighted by Crippen LogP contribution is 2.52.